The number of aromatic nitrogens is 1. The largest absolute Gasteiger partial charge is 0.340 e. The molecule has 0 amide bonds. The summed E-state index contributed by atoms with van der Waals surface area (Å²) in [5.74, 6) is 0.929. The Kier molecular flexibility index (Phi) is 3.28. The van der Waals surface area contributed by atoms with Crippen LogP contribution in [0.15, 0.2) is 36.4 Å². The van der Waals surface area contributed by atoms with Crippen LogP contribution in [0.1, 0.15) is 17.5 Å². The van der Waals surface area contributed by atoms with Crippen LogP contribution < -0.4 is 0 Å². The molecule has 0 atom stereocenters. The van der Waals surface area contributed by atoms with Crippen LogP contribution in [-0.2, 0) is 6.54 Å². The lowest BCUT2D eigenvalue weighted by Gasteiger charge is -2.07. The Morgan fingerprint density at radius 3 is 1.89 bits per heavy atom. The molecule has 3 aromatic rings. The van der Waals surface area contributed by atoms with Crippen molar-refractivity contribution in [3.63, 3.8) is 0 Å². The third-order valence-corrected chi connectivity index (χ3v) is 4.03. The number of aryl methyl sites for hydroxylation is 3. The van der Waals surface area contributed by atoms with Gasteiger partial charge in [0.15, 0.2) is 0 Å². The molecule has 0 aliphatic rings. The molecule has 0 saturated heterocycles. The second kappa shape index (κ2) is 4.93. The quantitative estimate of drug-likeness (QED) is 0.656. The summed E-state index contributed by atoms with van der Waals surface area (Å²) in [6.07, 6.45) is 1.10. The van der Waals surface area contributed by atoms with E-state index in [0.29, 0.717) is 0 Å². The Bertz CT molecular complexity index is 680. The van der Waals surface area contributed by atoms with E-state index in [1.54, 1.807) is 0 Å². The molecule has 1 heterocycles. The van der Waals surface area contributed by atoms with Gasteiger partial charge in [-0.1, -0.05) is 24.3 Å². The SMILES string of the molecule is Cc1ccc2c3ccc(C)cc3n(CCCS)c2c1. The highest BCUT2D eigenvalue weighted by Crippen LogP contribution is 2.30. The summed E-state index contributed by atoms with van der Waals surface area (Å²) < 4.78 is 2.45. The van der Waals surface area contributed by atoms with Crippen LogP contribution in [0.25, 0.3) is 21.8 Å². The molecule has 0 aliphatic carbocycles. The smallest absolute Gasteiger partial charge is 0.0494 e. The van der Waals surface area contributed by atoms with Gasteiger partial charge < -0.3 is 4.57 Å². The van der Waals surface area contributed by atoms with Crippen molar-refractivity contribution < 1.29 is 0 Å². The summed E-state index contributed by atoms with van der Waals surface area (Å²) in [6.45, 7) is 5.35. The lowest BCUT2D eigenvalue weighted by Crippen LogP contribution is -1.98. The summed E-state index contributed by atoms with van der Waals surface area (Å²) >= 11 is 4.35. The number of benzene rings is 2. The molecule has 0 saturated carbocycles. The van der Waals surface area contributed by atoms with Gasteiger partial charge in [-0.25, -0.2) is 0 Å². The second-order valence-corrected chi connectivity index (χ2v) is 5.72. The first kappa shape index (κ1) is 12.6. The number of nitrogens with zero attached hydrogens (tertiary/aromatic N) is 1. The van der Waals surface area contributed by atoms with Crippen LogP contribution in [0.4, 0.5) is 0 Å². The standard InChI is InChI=1S/C17H19NS/c1-12-4-6-14-15-7-5-13(2)11-17(15)18(8-3-9-19)16(14)10-12/h4-7,10-11,19H,3,8-9H2,1-2H3. The van der Waals surface area contributed by atoms with Gasteiger partial charge in [0.05, 0.1) is 0 Å². The number of rotatable bonds is 3. The number of hydrogen-bond donors (Lipinski definition) is 1. The van der Waals surface area contributed by atoms with Gasteiger partial charge in [-0.2, -0.15) is 12.6 Å². The monoisotopic (exact) mass is 269 g/mol. The van der Waals surface area contributed by atoms with Crippen molar-refractivity contribution in [2.75, 3.05) is 5.75 Å². The van der Waals surface area contributed by atoms with Crippen molar-refractivity contribution in [2.45, 2.75) is 26.8 Å². The summed E-state index contributed by atoms with van der Waals surface area (Å²) in [7, 11) is 0. The van der Waals surface area contributed by atoms with Crippen LogP contribution in [-0.4, -0.2) is 10.3 Å². The van der Waals surface area contributed by atoms with Crippen molar-refractivity contribution >= 4 is 34.4 Å². The topological polar surface area (TPSA) is 4.93 Å². The molecule has 1 aromatic heterocycles. The highest BCUT2D eigenvalue weighted by Gasteiger charge is 2.10. The van der Waals surface area contributed by atoms with Gasteiger partial charge >= 0.3 is 0 Å². The van der Waals surface area contributed by atoms with E-state index >= 15 is 0 Å². The number of thiol groups is 1. The fraction of sp³-hybridized carbons (Fsp3) is 0.294. The average molecular weight is 269 g/mol. The van der Waals surface area contributed by atoms with Gasteiger partial charge in [-0.15, -0.1) is 0 Å². The minimum atomic E-state index is 0.929. The number of hydrogen-bond acceptors (Lipinski definition) is 1. The zero-order chi connectivity index (χ0) is 13.4. The molecule has 0 bridgehead atoms. The summed E-state index contributed by atoms with van der Waals surface area (Å²) in [4.78, 5) is 0. The van der Waals surface area contributed by atoms with E-state index in [1.807, 2.05) is 0 Å². The van der Waals surface area contributed by atoms with Gasteiger partial charge in [-0.3, -0.25) is 0 Å². The molecule has 2 heteroatoms. The predicted molar refractivity (Wildman–Crippen MR) is 87.4 cm³/mol. The first-order chi connectivity index (χ1) is 9.20. The van der Waals surface area contributed by atoms with Crippen LogP contribution in [0.2, 0.25) is 0 Å². The van der Waals surface area contributed by atoms with Gasteiger partial charge in [0, 0.05) is 28.4 Å². The fourth-order valence-electron chi connectivity index (χ4n) is 2.78. The van der Waals surface area contributed by atoms with E-state index in [2.05, 4.69) is 67.4 Å². The molecular weight excluding hydrogens is 250 g/mol. The average Bonchev–Trinajstić information content (AvgIpc) is 2.68. The van der Waals surface area contributed by atoms with Crippen LogP contribution in [0, 0.1) is 13.8 Å². The fourth-order valence-corrected chi connectivity index (χ4v) is 2.93. The molecular formula is C17H19NS. The van der Waals surface area contributed by atoms with Crippen molar-refractivity contribution in [3.05, 3.63) is 47.5 Å². The Hall–Kier alpha value is -1.41. The van der Waals surface area contributed by atoms with Gasteiger partial charge in [0.25, 0.3) is 0 Å². The zero-order valence-electron chi connectivity index (χ0n) is 11.5. The van der Waals surface area contributed by atoms with E-state index < -0.39 is 0 Å². The Morgan fingerprint density at radius 1 is 0.895 bits per heavy atom. The van der Waals surface area contributed by atoms with Gasteiger partial charge in [0.2, 0.25) is 0 Å². The Balaban J connectivity index is 2.36. The highest BCUT2D eigenvalue weighted by atomic mass is 32.1. The highest BCUT2D eigenvalue weighted by molar-refractivity contribution is 7.80. The first-order valence-electron chi connectivity index (χ1n) is 6.81. The van der Waals surface area contributed by atoms with Crippen molar-refractivity contribution in [2.24, 2.45) is 0 Å². The molecule has 0 N–H and O–H groups in total. The van der Waals surface area contributed by atoms with E-state index in [0.717, 1.165) is 18.7 Å². The molecule has 3 rings (SSSR count). The van der Waals surface area contributed by atoms with E-state index in [1.165, 1.54) is 32.9 Å². The Labute approximate surface area is 119 Å². The molecule has 19 heavy (non-hydrogen) atoms. The third kappa shape index (κ3) is 2.14. The molecule has 98 valence electrons. The predicted octanol–water partition coefficient (Wildman–Crippen LogP) is 4.73. The van der Waals surface area contributed by atoms with E-state index in [4.69, 9.17) is 0 Å². The first-order valence-corrected chi connectivity index (χ1v) is 7.44. The number of fused-ring (bicyclic) bond motifs is 3. The summed E-state index contributed by atoms with van der Waals surface area (Å²) in [5.41, 5.74) is 5.34. The molecule has 0 unspecified atom stereocenters. The summed E-state index contributed by atoms with van der Waals surface area (Å²) in [5, 5.41) is 2.72. The minimum Gasteiger partial charge on any atom is -0.340 e. The lowest BCUT2D eigenvalue weighted by atomic mass is 10.1. The maximum Gasteiger partial charge on any atom is 0.0494 e. The molecule has 2 aromatic carbocycles. The third-order valence-electron chi connectivity index (χ3n) is 3.72. The maximum absolute atomic E-state index is 4.35. The molecule has 0 spiro atoms. The summed E-state index contributed by atoms with van der Waals surface area (Å²) in [6, 6.07) is 13.5. The second-order valence-electron chi connectivity index (χ2n) is 5.27. The molecule has 0 fully saturated rings. The van der Waals surface area contributed by atoms with Gasteiger partial charge in [-0.05, 0) is 49.3 Å². The van der Waals surface area contributed by atoms with Crippen molar-refractivity contribution in [3.8, 4) is 0 Å². The van der Waals surface area contributed by atoms with Crippen molar-refractivity contribution in [1.82, 2.24) is 4.57 Å². The van der Waals surface area contributed by atoms with Gasteiger partial charge in [0.1, 0.15) is 0 Å². The van der Waals surface area contributed by atoms with Crippen molar-refractivity contribution in [1.29, 1.82) is 0 Å². The zero-order valence-corrected chi connectivity index (χ0v) is 12.4. The Morgan fingerprint density at radius 2 is 1.42 bits per heavy atom. The van der Waals surface area contributed by atoms with Crippen LogP contribution >= 0.6 is 12.6 Å². The van der Waals surface area contributed by atoms with E-state index in [9.17, 15) is 0 Å². The normalized spacial score (nSPS) is 11.5. The lowest BCUT2D eigenvalue weighted by molar-refractivity contribution is 0.731. The van der Waals surface area contributed by atoms with Crippen LogP contribution in [0.3, 0.4) is 0 Å². The van der Waals surface area contributed by atoms with Crippen LogP contribution in [0.5, 0.6) is 0 Å². The van der Waals surface area contributed by atoms with E-state index in [-0.39, 0.29) is 0 Å². The minimum absolute atomic E-state index is 0.929. The molecule has 0 aliphatic heterocycles. The molecule has 0 radical (unpaired) electrons. The molecule has 1 nitrogen and oxygen atoms in total. The maximum atomic E-state index is 4.35.